The number of hydrogen-bond donors (Lipinski definition) is 0. The number of likely N-dealkylation sites (N-methyl/N-ethyl adjacent to an activating group) is 1. The number of unbranched alkanes of at least 4 members (excludes halogenated alkanes) is 22. The second-order valence-electron chi connectivity index (χ2n) is 16.3. The first kappa shape index (κ1) is 51.8. The normalized spacial score (nSPS) is 13.1. The number of nitrogens with zero attached hydrogens (tertiary/aromatic N) is 1. The number of carbonyl (C=O) groups excluding carboxylic acids is 3. The highest BCUT2D eigenvalue weighted by Gasteiger charge is 2.25. The van der Waals surface area contributed by atoms with Crippen molar-refractivity contribution < 1.29 is 38.2 Å². The van der Waals surface area contributed by atoms with E-state index in [1.807, 2.05) is 0 Å². The summed E-state index contributed by atoms with van der Waals surface area (Å²) in [4.78, 5) is 36.8. The van der Waals surface area contributed by atoms with Gasteiger partial charge in [-0.05, 0) is 44.9 Å². The second-order valence-corrected chi connectivity index (χ2v) is 16.3. The predicted octanol–water partition coefficient (Wildman–Crippen LogP) is 10.7. The molecule has 8 nitrogen and oxygen atoms in total. The molecule has 0 radical (unpaired) electrons. The minimum absolute atomic E-state index is 0.0413. The number of esters is 2. The molecule has 0 aromatic rings. The maximum Gasteiger partial charge on any atom is 0.306 e. The van der Waals surface area contributed by atoms with Gasteiger partial charge < -0.3 is 28.6 Å². The van der Waals surface area contributed by atoms with Crippen LogP contribution in [0, 0.1) is 0 Å². The number of carboxylic acids is 1. The fraction of sp³-hybridized carbons (Fsp3) is 0.848. The maximum absolute atomic E-state index is 12.7. The Morgan fingerprint density at radius 3 is 1.46 bits per heavy atom. The van der Waals surface area contributed by atoms with E-state index in [-0.39, 0.29) is 42.7 Å². The van der Waals surface area contributed by atoms with Crippen molar-refractivity contribution in [3.05, 3.63) is 24.3 Å². The number of carbonyl (C=O) groups is 3. The van der Waals surface area contributed by atoms with Crippen molar-refractivity contribution in [3.8, 4) is 0 Å². The van der Waals surface area contributed by atoms with Gasteiger partial charge in [0.25, 0.3) is 0 Å². The lowest BCUT2D eigenvalue weighted by molar-refractivity contribution is -0.889. The third-order valence-electron chi connectivity index (χ3n) is 10.1. The molecule has 0 saturated heterocycles. The van der Waals surface area contributed by atoms with Gasteiger partial charge in [-0.3, -0.25) is 9.59 Å². The molecule has 0 aromatic heterocycles. The minimum atomic E-state index is -1.12. The SMILES string of the molecule is CCCCC/C=C\C/C=C\CCCCCCCCCC(=O)OC(COCCC(C(=O)[O-])[N+](C)(C)C)COC(=O)CCCCCCCCCCCCCCC. The number of aliphatic carboxylic acids is 1. The molecule has 0 rings (SSSR count). The van der Waals surface area contributed by atoms with E-state index in [1.165, 1.54) is 116 Å². The van der Waals surface area contributed by atoms with E-state index in [0.717, 1.165) is 51.4 Å². The molecule has 0 aliphatic rings. The Kier molecular flexibility index (Phi) is 36.2. The number of allylic oxidation sites excluding steroid dienone is 4. The van der Waals surface area contributed by atoms with Gasteiger partial charge in [0, 0.05) is 19.3 Å². The summed E-state index contributed by atoms with van der Waals surface area (Å²) in [5.41, 5.74) is 0. The van der Waals surface area contributed by atoms with Crippen LogP contribution in [0.5, 0.6) is 0 Å². The van der Waals surface area contributed by atoms with E-state index in [9.17, 15) is 19.5 Å². The number of hydrogen-bond acceptors (Lipinski definition) is 7. The van der Waals surface area contributed by atoms with E-state index in [0.29, 0.717) is 12.8 Å². The fourth-order valence-electron chi connectivity index (χ4n) is 6.57. The molecule has 316 valence electrons. The summed E-state index contributed by atoms with van der Waals surface area (Å²) in [5.74, 6) is -1.74. The summed E-state index contributed by atoms with van der Waals surface area (Å²) in [6.45, 7) is 4.64. The molecule has 0 aliphatic carbocycles. The standard InChI is InChI=1S/C46H85NO7/c1-6-8-10-12-14-16-18-20-21-22-23-25-27-29-31-33-35-37-45(49)54-42(40-52-39-38-43(46(50)51)47(3,4)5)41-53-44(48)36-34-32-30-28-26-24-19-17-15-13-11-9-7-2/h14,16,20-21,42-43H,6-13,15,17-19,22-41H2,1-5H3/b16-14-,21-20-. The third-order valence-corrected chi connectivity index (χ3v) is 10.1. The summed E-state index contributed by atoms with van der Waals surface area (Å²) in [5, 5.41) is 11.6. The maximum atomic E-state index is 12.7. The lowest BCUT2D eigenvalue weighted by Crippen LogP contribution is -2.55. The van der Waals surface area contributed by atoms with Crippen LogP contribution >= 0.6 is 0 Å². The molecule has 0 fully saturated rings. The second kappa shape index (κ2) is 37.7. The van der Waals surface area contributed by atoms with Crippen LogP contribution in [0.2, 0.25) is 0 Å². The van der Waals surface area contributed by atoms with Crippen molar-refractivity contribution in [1.82, 2.24) is 0 Å². The molecule has 0 aliphatic heterocycles. The van der Waals surface area contributed by atoms with Crippen LogP contribution in [0.3, 0.4) is 0 Å². The Labute approximate surface area is 332 Å². The number of rotatable bonds is 40. The molecule has 54 heavy (non-hydrogen) atoms. The minimum Gasteiger partial charge on any atom is -0.544 e. The van der Waals surface area contributed by atoms with Gasteiger partial charge >= 0.3 is 11.9 Å². The Balaban J connectivity index is 4.33. The molecule has 0 aromatic carbocycles. The van der Waals surface area contributed by atoms with Crippen LogP contribution in [-0.4, -0.2) is 75.5 Å². The molecule has 2 atom stereocenters. The summed E-state index contributed by atoms with van der Waals surface area (Å²) >= 11 is 0. The first-order valence-corrected chi connectivity index (χ1v) is 22.4. The highest BCUT2D eigenvalue weighted by molar-refractivity contribution is 5.70. The van der Waals surface area contributed by atoms with Gasteiger partial charge in [0.05, 0.1) is 40.3 Å². The van der Waals surface area contributed by atoms with E-state index < -0.39 is 18.1 Å². The van der Waals surface area contributed by atoms with Crippen LogP contribution in [0.25, 0.3) is 0 Å². The number of ether oxygens (including phenoxy) is 3. The van der Waals surface area contributed by atoms with Gasteiger partial charge in [0.2, 0.25) is 0 Å². The molecule has 0 spiro atoms. The molecule has 0 amide bonds. The number of carboxylic acid groups (broad SMARTS) is 1. The van der Waals surface area contributed by atoms with Gasteiger partial charge in [-0.1, -0.05) is 160 Å². The summed E-state index contributed by atoms with van der Waals surface area (Å²) in [6.07, 6.45) is 40.5. The molecule has 0 bridgehead atoms. The summed E-state index contributed by atoms with van der Waals surface area (Å²) in [6, 6.07) is -0.724. The van der Waals surface area contributed by atoms with Gasteiger partial charge in [-0.25, -0.2) is 0 Å². The van der Waals surface area contributed by atoms with E-state index >= 15 is 0 Å². The molecular formula is C46H85NO7. The largest absolute Gasteiger partial charge is 0.544 e. The van der Waals surface area contributed by atoms with Crippen molar-refractivity contribution in [2.75, 3.05) is 41.0 Å². The van der Waals surface area contributed by atoms with Gasteiger partial charge in [-0.15, -0.1) is 0 Å². The summed E-state index contributed by atoms with van der Waals surface area (Å²) < 4.78 is 17.2. The Hall–Kier alpha value is -2.19. The lowest BCUT2D eigenvalue weighted by atomic mass is 10.0. The predicted molar refractivity (Wildman–Crippen MR) is 222 cm³/mol. The van der Waals surface area contributed by atoms with E-state index in [1.54, 1.807) is 21.1 Å². The van der Waals surface area contributed by atoms with Crippen molar-refractivity contribution in [2.45, 2.75) is 212 Å². The van der Waals surface area contributed by atoms with Crippen LogP contribution in [-0.2, 0) is 28.6 Å². The van der Waals surface area contributed by atoms with Crippen LogP contribution in [0.1, 0.15) is 200 Å². The highest BCUT2D eigenvalue weighted by atomic mass is 16.6. The highest BCUT2D eigenvalue weighted by Crippen LogP contribution is 2.15. The Morgan fingerprint density at radius 1 is 0.556 bits per heavy atom. The first-order chi connectivity index (χ1) is 26.1. The molecule has 0 saturated carbocycles. The van der Waals surface area contributed by atoms with Crippen LogP contribution in [0.4, 0.5) is 0 Å². The zero-order chi connectivity index (χ0) is 40.0. The smallest absolute Gasteiger partial charge is 0.306 e. The fourth-order valence-corrected chi connectivity index (χ4v) is 6.57. The van der Waals surface area contributed by atoms with Crippen molar-refractivity contribution in [1.29, 1.82) is 0 Å². The zero-order valence-electron chi connectivity index (χ0n) is 35.9. The van der Waals surface area contributed by atoms with Crippen LogP contribution in [0.15, 0.2) is 24.3 Å². The molecule has 2 unspecified atom stereocenters. The van der Waals surface area contributed by atoms with Crippen LogP contribution < -0.4 is 5.11 Å². The van der Waals surface area contributed by atoms with Gasteiger partial charge in [0.1, 0.15) is 12.6 Å². The first-order valence-electron chi connectivity index (χ1n) is 22.4. The van der Waals surface area contributed by atoms with Gasteiger partial charge in [-0.2, -0.15) is 0 Å². The van der Waals surface area contributed by atoms with E-state index in [2.05, 4.69) is 38.2 Å². The Morgan fingerprint density at radius 2 is 0.981 bits per heavy atom. The lowest BCUT2D eigenvalue weighted by Gasteiger charge is -2.34. The number of quaternary nitrogens is 1. The average molecular weight is 764 g/mol. The zero-order valence-corrected chi connectivity index (χ0v) is 35.9. The van der Waals surface area contributed by atoms with Gasteiger partial charge in [0.15, 0.2) is 6.10 Å². The third kappa shape index (κ3) is 35.5. The van der Waals surface area contributed by atoms with Crippen molar-refractivity contribution in [3.63, 3.8) is 0 Å². The van der Waals surface area contributed by atoms with E-state index in [4.69, 9.17) is 14.2 Å². The van der Waals surface area contributed by atoms with Crippen molar-refractivity contribution in [2.24, 2.45) is 0 Å². The quantitative estimate of drug-likeness (QED) is 0.0265. The Bertz CT molecular complexity index is 942. The van der Waals surface area contributed by atoms with Crippen molar-refractivity contribution >= 4 is 17.9 Å². The molecule has 0 heterocycles. The summed E-state index contributed by atoms with van der Waals surface area (Å²) in [7, 11) is 5.41. The molecular weight excluding hydrogens is 679 g/mol. The molecule has 0 N–H and O–H groups in total. The monoisotopic (exact) mass is 764 g/mol. The topological polar surface area (TPSA) is 102 Å². The average Bonchev–Trinajstić information content (AvgIpc) is 3.12. The molecule has 8 heteroatoms.